The molecule has 1 saturated heterocycles. The minimum absolute atomic E-state index is 0.0240. The van der Waals surface area contributed by atoms with Gasteiger partial charge in [0, 0.05) is 0 Å². The highest BCUT2D eigenvalue weighted by Crippen LogP contribution is 2.22. The molecule has 0 spiro atoms. The average molecular weight is 227 g/mol. The Morgan fingerprint density at radius 1 is 1.38 bits per heavy atom. The lowest BCUT2D eigenvalue weighted by atomic mass is 9.92. The molecule has 16 heavy (non-hydrogen) atoms. The van der Waals surface area contributed by atoms with Gasteiger partial charge < -0.3 is 15.2 Å². The van der Waals surface area contributed by atoms with Crippen LogP contribution >= 0.6 is 0 Å². The van der Waals surface area contributed by atoms with E-state index in [1.165, 1.54) is 0 Å². The van der Waals surface area contributed by atoms with Gasteiger partial charge in [0.15, 0.2) is 0 Å². The fourth-order valence-electron chi connectivity index (χ4n) is 2.58. The number of aliphatic hydroxyl groups is 1. The zero-order valence-corrected chi connectivity index (χ0v) is 9.82. The largest absolute Gasteiger partial charge is 0.391 e. The summed E-state index contributed by atoms with van der Waals surface area (Å²) >= 11 is 0. The molecule has 4 heteroatoms. The standard InChI is InChI=1S/C12H21NO3/c1-8-6-9(7-16-8)12(15)13-10-4-2-3-5-11(10)14/h8-11,14H,2-7H2,1H3,(H,13,15)/t8?,9?,10-,11-/m1/s1. The van der Waals surface area contributed by atoms with Gasteiger partial charge in [-0.3, -0.25) is 4.79 Å². The van der Waals surface area contributed by atoms with Crippen LogP contribution in [0.15, 0.2) is 0 Å². The smallest absolute Gasteiger partial charge is 0.225 e. The van der Waals surface area contributed by atoms with Crippen molar-refractivity contribution in [3.63, 3.8) is 0 Å². The van der Waals surface area contributed by atoms with E-state index >= 15 is 0 Å². The lowest BCUT2D eigenvalue weighted by Gasteiger charge is -2.29. The average Bonchev–Trinajstić information content (AvgIpc) is 2.68. The maximum atomic E-state index is 11.9. The van der Waals surface area contributed by atoms with Gasteiger partial charge in [-0.1, -0.05) is 12.8 Å². The molecule has 1 aliphatic carbocycles. The van der Waals surface area contributed by atoms with Crippen molar-refractivity contribution >= 4 is 5.91 Å². The molecule has 1 saturated carbocycles. The molecular formula is C12H21NO3. The number of nitrogens with one attached hydrogen (secondary N) is 1. The number of aliphatic hydroxyl groups excluding tert-OH is 1. The maximum Gasteiger partial charge on any atom is 0.225 e. The number of amides is 1. The third kappa shape index (κ3) is 2.74. The van der Waals surface area contributed by atoms with E-state index in [0.29, 0.717) is 6.61 Å². The number of carbonyl (C=O) groups excluding carboxylic acids is 1. The monoisotopic (exact) mass is 227 g/mol. The molecule has 0 aromatic heterocycles. The molecule has 1 amide bonds. The molecule has 0 bridgehead atoms. The summed E-state index contributed by atoms with van der Waals surface area (Å²) < 4.78 is 5.38. The summed E-state index contributed by atoms with van der Waals surface area (Å²) in [6.45, 7) is 2.51. The van der Waals surface area contributed by atoms with Gasteiger partial charge >= 0.3 is 0 Å². The van der Waals surface area contributed by atoms with E-state index < -0.39 is 0 Å². The van der Waals surface area contributed by atoms with E-state index in [0.717, 1.165) is 32.1 Å². The Labute approximate surface area is 96.4 Å². The zero-order chi connectivity index (χ0) is 11.5. The van der Waals surface area contributed by atoms with Crippen molar-refractivity contribution in [3.8, 4) is 0 Å². The van der Waals surface area contributed by atoms with Gasteiger partial charge in [0.25, 0.3) is 0 Å². The second kappa shape index (κ2) is 5.15. The van der Waals surface area contributed by atoms with Crippen molar-refractivity contribution in [3.05, 3.63) is 0 Å². The van der Waals surface area contributed by atoms with Crippen LogP contribution in [0, 0.1) is 5.92 Å². The van der Waals surface area contributed by atoms with E-state index in [9.17, 15) is 9.90 Å². The van der Waals surface area contributed by atoms with Crippen LogP contribution in [0.1, 0.15) is 39.0 Å². The van der Waals surface area contributed by atoms with Crippen molar-refractivity contribution < 1.29 is 14.6 Å². The van der Waals surface area contributed by atoms with Crippen LogP contribution < -0.4 is 5.32 Å². The SMILES string of the molecule is CC1CC(C(=O)N[C@@H]2CCCC[C@H]2O)CO1. The third-order valence-corrected chi connectivity index (χ3v) is 3.63. The molecule has 2 N–H and O–H groups in total. The fraction of sp³-hybridized carbons (Fsp3) is 0.917. The minimum Gasteiger partial charge on any atom is -0.391 e. The normalized spacial score (nSPS) is 39.6. The van der Waals surface area contributed by atoms with E-state index in [1.807, 2.05) is 6.92 Å². The summed E-state index contributed by atoms with van der Waals surface area (Å²) in [5.74, 6) is 0.0272. The van der Waals surface area contributed by atoms with Gasteiger partial charge in [0.05, 0.1) is 30.8 Å². The molecule has 2 rings (SSSR count). The number of carbonyl (C=O) groups is 1. The van der Waals surface area contributed by atoms with Crippen molar-refractivity contribution in [2.45, 2.75) is 57.3 Å². The summed E-state index contributed by atoms with van der Waals surface area (Å²) in [5, 5.41) is 12.7. The van der Waals surface area contributed by atoms with Crippen molar-refractivity contribution in [2.75, 3.05) is 6.61 Å². The van der Waals surface area contributed by atoms with E-state index in [1.54, 1.807) is 0 Å². The second-order valence-electron chi connectivity index (χ2n) is 5.04. The van der Waals surface area contributed by atoms with E-state index in [2.05, 4.69) is 5.32 Å². The Morgan fingerprint density at radius 2 is 2.12 bits per heavy atom. The van der Waals surface area contributed by atoms with E-state index in [4.69, 9.17) is 4.74 Å². The topological polar surface area (TPSA) is 58.6 Å². The Balaban J connectivity index is 1.82. The van der Waals surface area contributed by atoms with Crippen LogP contribution in [0.5, 0.6) is 0 Å². The number of ether oxygens (including phenoxy) is 1. The molecule has 0 aromatic carbocycles. The first-order valence-electron chi connectivity index (χ1n) is 6.27. The quantitative estimate of drug-likeness (QED) is 0.734. The highest BCUT2D eigenvalue weighted by molar-refractivity contribution is 5.79. The maximum absolute atomic E-state index is 11.9. The van der Waals surface area contributed by atoms with Crippen LogP contribution in [0.25, 0.3) is 0 Å². The lowest BCUT2D eigenvalue weighted by Crippen LogP contribution is -2.47. The van der Waals surface area contributed by atoms with Crippen LogP contribution in [0.4, 0.5) is 0 Å². The lowest BCUT2D eigenvalue weighted by molar-refractivity contribution is -0.126. The molecule has 4 atom stereocenters. The molecule has 0 aromatic rings. The molecule has 1 aliphatic heterocycles. The number of rotatable bonds is 2. The molecule has 4 nitrogen and oxygen atoms in total. The third-order valence-electron chi connectivity index (χ3n) is 3.63. The molecule has 2 aliphatic rings. The molecule has 1 heterocycles. The summed E-state index contributed by atoms with van der Waals surface area (Å²) in [7, 11) is 0. The predicted octanol–water partition coefficient (Wildman–Crippen LogP) is 0.831. The van der Waals surface area contributed by atoms with Gasteiger partial charge in [0.1, 0.15) is 0 Å². The molecule has 0 radical (unpaired) electrons. The van der Waals surface area contributed by atoms with Crippen molar-refractivity contribution in [1.82, 2.24) is 5.32 Å². The van der Waals surface area contributed by atoms with Gasteiger partial charge in [-0.2, -0.15) is 0 Å². The highest BCUT2D eigenvalue weighted by Gasteiger charge is 2.31. The Bertz CT molecular complexity index is 257. The molecule has 92 valence electrons. The van der Waals surface area contributed by atoms with Gasteiger partial charge in [0.2, 0.25) is 5.91 Å². The highest BCUT2D eigenvalue weighted by atomic mass is 16.5. The van der Waals surface area contributed by atoms with Crippen molar-refractivity contribution in [1.29, 1.82) is 0 Å². The second-order valence-corrected chi connectivity index (χ2v) is 5.04. The number of hydrogen-bond acceptors (Lipinski definition) is 3. The fourth-order valence-corrected chi connectivity index (χ4v) is 2.58. The van der Waals surface area contributed by atoms with Crippen LogP contribution in [0.2, 0.25) is 0 Å². The summed E-state index contributed by atoms with van der Waals surface area (Å²) in [5.41, 5.74) is 0. The Hall–Kier alpha value is -0.610. The number of hydrogen-bond donors (Lipinski definition) is 2. The van der Waals surface area contributed by atoms with Crippen LogP contribution in [0.3, 0.4) is 0 Å². The molecule has 2 fully saturated rings. The van der Waals surface area contributed by atoms with Gasteiger partial charge in [-0.05, 0) is 26.2 Å². The first-order valence-corrected chi connectivity index (χ1v) is 6.27. The summed E-state index contributed by atoms with van der Waals surface area (Å²) in [4.78, 5) is 11.9. The van der Waals surface area contributed by atoms with Crippen LogP contribution in [-0.4, -0.2) is 35.9 Å². The van der Waals surface area contributed by atoms with Crippen LogP contribution in [-0.2, 0) is 9.53 Å². The Morgan fingerprint density at radius 3 is 2.75 bits per heavy atom. The molecular weight excluding hydrogens is 206 g/mol. The first-order chi connectivity index (χ1) is 7.66. The van der Waals surface area contributed by atoms with E-state index in [-0.39, 0.29) is 30.1 Å². The minimum atomic E-state index is -0.363. The summed E-state index contributed by atoms with van der Waals surface area (Å²) in [6, 6.07) is -0.0443. The van der Waals surface area contributed by atoms with Crippen molar-refractivity contribution in [2.24, 2.45) is 5.92 Å². The predicted molar refractivity (Wildman–Crippen MR) is 59.9 cm³/mol. The zero-order valence-electron chi connectivity index (χ0n) is 9.82. The van der Waals surface area contributed by atoms with Gasteiger partial charge in [-0.25, -0.2) is 0 Å². The summed E-state index contributed by atoms with van der Waals surface area (Å²) in [6.07, 6.45) is 4.49. The first kappa shape index (κ1) is 11.9. The molecule has 2 unspecified atom stereocenters. The van der Waals surface area contributed by atoms with Gasteiger partial charge in [-0.15, -0.1) is 0 Å². The Kier molecular flexibility index (Phi) is 3.82.